The minimum atomic E-state index is -4.17. The fraction of sp³-hybridized carbons (Fsp3) is 0.545. The smallest absolute Gasteiger partial charge is 0.326 e. The van der Waals surface area contributed by atoms with E-state index in [2.05, 4.69) is 38.6 Å². The van der Waals surface area contributed by atoms with Crippen molar-refractivity contribution in [3.8, 4) is 0 Å². The lowest BCUT2D eigenvalue weighted by Gasteiger charge is -2.28. The van der Waals surface area contributed by atoms with Gasteiger partial charge in [-0.2, -0.15) is 12.6 Å². The molecule has 0 aromatic heterocycles. The Hall–Kier alpha value is -3.93. The van der Waals surface area contributed by atoms with Crippen LogP contribution in [0.2, 0.25) is 0 Å². The van der Waals surface area contributed by atoms with Gasteiger partial charge in [0.05, 0.1) is 17.5 Å². The molecule has 278 valence electrons. The van der Waals surface area contributed by atoms with Gasteiger partial charge in [0.25, 0.3) is 0 Å². The third-order valence-electron chi connectivity index (χ3n) is 7.61. The van der Waals surface area contributed by atoms with Crippen LogP contribution in [-0.2, 0) is 34.0 Å². The number of hydrogen-bond acceptors (Lipinski definition) is 10. The highest BCUT2D eigenvalue weighted by Gasteiger charge is 2.33. The number of thiol groups is 1. The quantitative estimate of drug-likeness (QED) is 0.0938. The van der Waals surface area contributed by atoms with E-state index in [0.717, 1.165) is 5.69 Å². The maximum Gasteiger partial charge on any atom is 0.326 e. The molecule has 0 heterocycles. The predicted octanol–water partition coefficient (Wildman–Crippen LogP) is 0.611. The van der Waals surface area contributed by atoms with E-state index in [-0.39, 0.29) is 35.3 Å². The fourth-order valence-electron chi connectivity index (χ4n) is 5.16. The van der Waals surface area contributed by atoms with Crippen molar-refractivity contribution in [2.45, 2.75) is 82.6 Å². The third kappa shape index (κ3) is 12.1. The minimum Gasteiger partial charge on any atom is -0.480 e. The molecule has 2 aromatic rings. The average Bonchev–Trinajstić information content (AvgIpc) is 3.02. The van der Waals surface area contributed by atoms with Crippen molar-refractivity contribution < 1.29 is 42.6 Å². The first-order valence-electron chi connectivity index (χ1n) is 16.2. The van der Waals surface area contributed by atoms with Gasteiger partial charge in [0.15, 0.2) is 0 Å². The summed E-state index contributed by atoms with van der Waals surface area (Å²) >= 11 is 4.11. The average molecular weight is 739 g/mol. The number of aliphatic carboxylic acids is 1. The maximum atomic E-state index is 13.3. The second kappa shape index (κ2) is 18.9. The van der Waals surface area contributed by atoms with Gasteiger partial charge in [-0.25, -0.2) is 17.9 Å². The van der Waals surface area contributed by atoms with Crippen LogP contribution >= 0.6 is 12.6 Å². The van der Waals surface area contributed by atoms with Gasteiger partial charge in [-0.3, -0.25) is 19.2 Å². The van der Waals surface area contributed by atoms with Gasteiger partial charge in [0.1, 0.15) is 24.2 Å². The molecule has 4 amide bonds. The van der Waals surface area contributed by atoms with Gasteiger partial charge < -0.3 is 36.4 Å². The van der Waals surface area contributed by atoms with Crippen LogP contribution < -0.4 is 30.9 Å². The zero-order valence-corrected chi connectivity index (χ0v) is 31.1. The number of nitrogens with zero attached hydrogens (tertiary/aromatic N) is 1. The van der Waals surface area contributed by atoms with E-state index >= 15 is 0 Å². The number of fused-ring (bicyclic) bond motifs is 1. The lowest BCUT2D eigenvalue weighted by molar-refractivity contribution is -0.143. The number of nitrogens with one attached hydrogen (secondary N) is 5. The normalized spacial score (nSPS) is 14.7. The molecule has 0 aliphatic rings. The van der Waals surface area contributed by atoms with Gasteiger partial charge in [-0.05, 0) is 43.7 Å². The van der Waals surface area contributed by atoms with Crippen LogP contribution in [0.1, 0.15) is 47.5 Å². The number of benzene rings is 2. The summed E-state index contributed by atoms with van der Waals surface area (Å²) in [6, 6.07) is 4.74. The van der Waals surface area contributed by atoms with Crippen LogP contribution in [-0.4, -0.2) is 105 Å². The molecule has 5 atom stereocenters. The Morgan fingerprint density at radius 3 is 1.84 bits per heavy atom. The van der Waals surface area contributed by atoms with E-state index in [4.69, 9.17) is 0 Å². The topological polar surface area (TPSA) is 223 Å². The molecular formula is C33H50N6O9S2. The highest BCUT2D eigenvalue weighted by atomic mass is 32.2. The summed E-state index contributed by atoms with van der Waals surface area (Å²) in [4.78, 5) is 65.8. The van der Waals surface area contributed by atoms with Crippen LogP contribution in [0.15, 0.2) is 41.3 Å². The second-order valence-corrected chi connectivity index (χ2v) is 15.2. The number of carboxylic acid groups (broad SMARTS) is 1. The van der Waals surface area contributed by atoms with Crippen LogP contribution in [0.25, 0.3) is 10.8 Å². The summed E-state index contributed by atoms with van der Waals surface area (Å²) in [7, 11) is -0.512. The monoisotopic (exact) mass is 738 g/mol. The number of amides is 4. The van der Waals surface area contributed by atoms with Gasteiger partial charge in [-0.15, -0.1) is 0 Å². The molecule has 0 bridgehead atoms. The van der Waals surface area contributed by atoms with E-state index in [1.807, 2.05) is 25.1 Å². The first kappa shape index (κ1) is 42.2. The number of aliphatic hydroxyl groups excluding tert-OH is 1. The molecule has 2 rings (SSSR count). The second-order valence-electron chi connectivity index (χ2n) is 13.1. The molecule has 0 aliphatic heterocycles. The predicted molar refractivity (Wildman–Crippen MR) is 193 cm³/mol. The molecule has 0 aliphatic carbocycles. The Morgan fingerprint density at radius 2 is 1.30 bits per heavy atom. The lowest BCUT2D eigenvalue weighted by atomic mass is 10.00. The Labute approximate surface area is 298 Å². The minimum absolute atomic E-state index is 0.0364. The number of carbonyl (C=O) groups is 5. The number of rotatable bonds is 19. The molecule has 0 fully saturated rings. The van der Waals surface area contributed by atoms with Gasteiger partial charge in [0.2, 0.25) is 33.7 Å². The number of carbonyl (C=O) groups excluding carboxylic acids is 4. The summed E-state index contributed by atoms with van der Waals surface area (Å²) in [6.45, 7) is 7.72. The molecule has 0 unspecified atom stereocenters. The molecule has 0 saturated carbocycles. The molecule has 0 saturated heterocycles. The van der Waals surface area contributed by atoms with Crippen molar-refractivity contribution in [1.82, 2.24) is 26.0 Å². The summed E-state index contributed by atoms with van der Waals surface area (Å²) in [6.07, 6.45) is -1.16. The highest BCUT2D eigenvalue weighted by molar-refractivity contribution is 7.89. The molecule has 17 heteroatoms. The van der Waals surface area contributed by atoms with Crippen molar-refractivity contribution in [2.75, 3.05) is 31.3 Å². The molecule has 0 radical (unpaired) electrons. The van der Waals surface area contributed by atoms with Crippen LogP contribution in [0.3, 0.4) is 0 Å². The zero-order valence-electron chi connectivity index (χ0n) is 29.4. The van der Waals surface area contributed by atoms with Gasteiger partial charge in [0, 0.05) is 36.3 Å². The van der Waals surface area contributed by atoms with Crippen LogP contribution in [0.5, 0.6) is 0 Å². The first-order chi connectivity index (χ1) is 23.3. The van der Waals surface area contributed by atoms with Gasteiger partial charge >= 0.3 is 5.97 Å². The van der Waals surface area contributed by atoms with E-state index < -0.39 is 76.4 Å². The summed E-state index contributed by atoms with van der Waals surface area (Å²) in [5.41, 5.74) is 0.802. The Morgan fingerprint density at radius 1 is 0.760 bits per heavy atom. The zero-order chi connectivity index (χ0) is 37.9. The van der Waals surface area contributed by atoms with Gasteiger partial charge in [-0.1, -0.05) is 52.0 Å². The molecule has 0 spiro atoms. The summed E-state index contributed by atoms with van der Waals surface area (Å²) in [5, 5.41) is 30.8. The molecule has 7 N–H and O–H groups in total. The Kier molecular flexibility index (Phi) is 16.0. The van der Waals surface area contributed by atoms with E-state index in [0.29, 0.717) is 10.8 Å². The fourth-order valence-corrected chi connectivity index (χ4v) is 6.61. The third-order valence-corrected chi connectivity index (χ3v) is 9.44. The van der Waals surface area contributed by atoms with Crippen molar-refractivity contribution in [3.63, 3.8) is 0 Å². The summed E-state index contributed by atoms with van der Waals surface area (Å²) in [5.74, 6) is -5.04. The van der Waals surface area contributed by atoms with Crippen LogP contribution in [0, 0.1) is 11.8 Å². The SMILES string of the molecule is CC(C)C[C@H](NC(=O)[C@H](CC(C)C)NC(=O)[C@@H](NC(=O)[C@H](CS)NC(=O)CNS(=O)(=O)c1cccc2c(N(C)C)cccc12)[C@@H](C)O)C(=O)O. The number of carboxylic acids is 1. The van der Waals surface area contributed by atoms with Crippen molar-refractivity contribution >= 4 is 68.7 Å². The van der Waals surface area contributed by atoms with E-state index in [1.54, 1.807) is 52.0 Å². The highest BCUT2D eigenvalue weighted by Crippen LogP contribution is 2.30. The van der Waals surface area contributed by atoms with E-state index in [9.17, 15) is 42.6 Å². The molecular weight excluding hydrogens is 689 g/mol. The van der Waals surface area contributed by atoms with Crippen molar-refractivity contribution in [2.24, 2.45) is 11.8 Å². The lowest BCUT2D eigenvalue weighted by Crippen LogP contribution is -2.61. The van der Waals surface area contributed by atoms with Crippen molar-refractivity contribution in [1.29, 1.82) is 0 Å². The number of aliphatic hydroxyl groups is 1. The maximum absolute atomic E-state index is 13.3. The number of anilines is 1. The number of hydrogen-bond donors (Lipinski definition) is 8. The molecule has 15 nitrogen and oxygen atoms in total. The Balaban J connectivity index is 2.13. The largest absolute Gasteiger partial charge is 0.480 e. The Bertz CT molecular complexity index is 1630. The molecule has 50 heavy (non-hydrogen) atoms. The van der Waals surface area contributed by atoms with Crippen molar-refractivity contribution in [3.05, 3.63) is 36.4 Å². The van der Waals surface area contributed by atoms with E-state index in [1.165, 1.54) is 13.0 Å². The number of sulfonamides is 1. The first-order valence-corrected chi connectivity index (χ1v) is 18.3. The standard InChI is InChI=1S/C33H50N6O9S2/c1-18(2)14-23(30(42)37-24(33(45)46)15-19(3)4)36-32(44)29(20(5)40)38-31(43)25(17-49)35-28(41)16-34-50(47,48)27-13-9-10-21-22(27)11-8-12-26(21)39(6)7/h8-13,18-20,23-25,29,34,40,49H,14-17H2,1-7H3,(H,35,41)(H,36,44)(H,37,42)(H,38,43)(H,45,46)/t20-,23+,24+,25+,29+/m1/s1. The summed E-state index contributed by atoms with van der Waals surface area (Å²) < 4.78 is 28.7. The molecule has 2 aromatic carbocycles. The van der Waals surface area contributed by atoms with Crippen LogP contribution in [0.4, 0.5) is 5.69 Å².